The molecule has 0 radical (unpaired) electrons. The maximum atomic E-state index is 12.0. The summed E-state index contributed by atoms with van der Waals surface area (Å²) in [6.07, 6.45) is 2.85. The van der Waals surface area contributed by atoms with E-state index in [-0.39, 0.29) is 11.9 Å². The van der Waals surface area contributed by atoms with E-state index in [0.717, 1.165) is 24.8 Å². The normalized spacial score (nSPS) is 11.5. The molecule has 1 atom stereocenters. The number of nitrogens with two attached hydrogens (primary N) is 1. The molecule has 0 aliphatic rings. The Labute approximate surface area is 142 Å². The first-order valence-electron chi connectivity index (χ1n) is 8.02. The van der Waals surface area contributed by atoms with Crippen molar-refractivity contribution in [3.63, 3.8) is 0 Å². The molecule has 3 amide bonds. The molecule has 1 aromatic rings. The second kappa shape index (κ2) is 10.4. The van der Waals surface area contributed by atoms with Crippen molar-refractivity contribution >= 4 is 11.9 Å². The Bertz CT molecular complexity index is 549. The van der Waals surface area contributed by atoms with Crippen LogP contribution >= 0.6 is 0 Å². The van der Waals surface area contributed by atoms with Crippen LogP contribution in [0.15, 0.2) is 18.2 Å². The Morgan fingerprint density at radius 1 is 1.17 bits per heavy atom. The minimum absolute atomic E-state index is 0.0183. The lowest BCUT2D eigenvalue weighted by Crippen LogP contribution is -2.30. The molecule has 1 rings (SSSR count). The zero-order chi connectivity index (χ0) is 17.9. The van der Waals surface area contributed by atoms with Gasteiger partial charge in [0.15, 0.2) is 0 Å². The Kier molecular flexibility index (Phi) is 8.46. The summed E-state index contributed by atoms with van der Waals surface area (Å²) >= 11 is 0. The quantitative estimate of drug-likeness (QED) is 0.569. The third-order valence-electron chi connectivity index (χ3n) is 3.66. The van der Waals surface area contributed by atoms with Crippen molar-refractivity contribution in [1.29, 1.82) is 0 Å². The summed E-state index contributed by atoms with van der Waals surface area (Å²) < 4.78 is 10.6. The number of hydrogen-bond donors (Lipinski definition) is 3. The number of amides is 3. The zero-order valence-corrected chi connectivity index (χ0v) is 14.6. The molecule has 0 aliphatic heterocycles. The van der Waals surface area contributed by atoms with Crippen LogP contribution in [0.3, 0.4) is 0 Å². The van der Waals surface area contributed by atoms with Crippen LogP contribution in [0.2, 0.25) is 0 Å². The average Bonchev–Trinajstić information content (AvgIpc) is 2.56. The Balaban J connectivity index is 2.42. The molecule has 134 valence electrons. The Morgan fingerprint density at radius 3 is 2.54 bits per heavy atom. The number of nitrogens with one attached hydrogen (secondary N) is 2. The van der Waals surface area contributed by atoms with Crippen LogP contribution in [0.4, 0.5) is 4.79 Å². The molecule has 4 N–H and O–H groups in total. The lowest BCUT2D eigenvalue weighted by molar-refractivity contribution is -0.121. The summed E-state index contributed by atoms with van der Waals surface area (Å²) in [7, 11) is 3.20. The SMILES string of the molecule is COc1ccc(OC)c([C@@H](C)NC(=O)CCCCCNC(N)=O)c1. The number of primary amides is 1. The number of benzene rings is 1. The number of rotatable bonds is 10. The smallest absolute Gasteiger partial charge is 0.312 e. The van der Waals surface area contributed by atoms with Crippen LogP contribution in [0.25, 0.3) is 0 Å². The number of ether oxygens (including phenoxy) is 2. The molecular weight excluding hydrogens is 310 g/mol. The van der Waals surface area contributed by atoms with Crippen molar-refractivity contribution in [1.82, 2.24) is 10.6 Å². The highest BCUT2D eigenvalue weighted by atomic mass is 16.5. The van der Waals surface area contributed by atoms with Gasteiger partial charge in [0.1, 0.15) is 11.5 Å². The number of methoxy groups -OCH3 is 2. The summed E-state index contributed by atoms with van der Waals surface area (Å²) in [6.45, 7) is 2.44. The van der Waals surface area contributed by atoms with Gasteiger partial charge in [-0.15, -0.1) is 0 Å². The largest absolute Gasteiger partial charge is 0.497 e. The van der Waals surface area contributed by atoms with Gasteiger partial charge in [-0.3, -0.25) is 4.79 Å². The van der Waals surface area contributed by atoms with Crippen LogP contribution in [-0.4, -0.2) is 32.7 Å². The number of hydrogen-bond acceptors (Lipinski definition) is 4. The molecule has 0 heterocycles. The first-order chi connectivity index (χ1) is 11.5. The van der Waals surface area contributed by atoms with Gasteiger partial charge in [-0.25, -0.2) is 4.79 Å². The predicted molar refractivity (Wildman–Crippen MR) is 92.2 cm³/mol. The molecule has 0 fully saturated rings. The number of unbranched alkanes of at least 4 members (excludes halogenated alkanes) is 2. The van der Waals surface area contributed by atoms with Crippen LogP contribution in [-0.2, 0) is 4.79 Å². The summed E-state index contributed by atoms with van der Waals surface area (Å²) in [6, 6.07) is 4.80. The first kappa shape index (κ1) is 19.6. The van der Waals surface area contributed by atoms with E-state index in [1.165, 1.54) is 0 Å². The van der Waals surface area contributed by atoms with Gasteiger partial charge in [0, 0.05) is 18.5 Å². The predicted octanol–water partition coefficient (Wildman–Crippen LogP) is 2.11. The van der Waals surface area contributed by atoms with E-state index < -0.39 is 6.03 Å². The minimum Gasteiger partial charge on any atom is -0.497 e. The molecule has 0 bridgehead atoms. The number of urea groups is 1. The van der Waals surface area contributed by atoms with E-state index in [1.807, 2.05) is 25.1 Å². The maximum Gasteiger partial charge on any atom is 0.312 e. The van der Waals surface area contributed by atoms with Gasteiger partial charge in [0.05, 0.1) is 20.3 Å². The molecule has 0 aliphatic carbocycles. The lowest BCUT2D eigenvalue weighted by atomic mass is 10.1. The first-order valence-corrected chi connectivity index (χ1v) is 8.02. The van der Waals surface area contributed by atoms with Crippen molar-refractivity contribution in [2.24, 2.45) is 5.73 Å². The van der Waals surface area contributed by atoms with Gasteiger partial charge >= 0.3 is 6.03 Å². The highest BCUT2D eigenvalue weighted by Gasteiger charge is 2.15. The number of carbonyl (C=O) groups excluding carboxylic acids is 2. The molecule has 0 saturated heterocycles. The molecule has 0 aromatic heterocycles. The summed E-state index contributed by atoms with van der Waals surface area (Å²) in [5, 5.41) is 5.49. The third-order valence-corrected chi connectivity index (χ3v) is 3.66. The van der Waals surface area contributed by atoms with Gasteiger partial charge in [-0.2, -0.15) is 0 Å². The van der Waals surface area contributed by atoms with E-state index in [1.54, 1.807) is 14.2 Å². The van der Waals surface area contributed by atoms with Crippen molar-refractivity contribution in [2.45, 2.75) is 38.6 Å². The van der Waals surface area contributed by atoms with E-state index in [4.69, 9.17) is 15.2 Å². The number of carbonyl (C=O) groups is 2. The highest BCUT2D eigenvalue weighted by Crippen LogP contribution is 2.29. The summed E-state index contributed by atoms with van der Waals surface area (Å²) in [4.78, 5) is 22.6. The van der Waals surface area contributed by atoms with Crippen LogP contribution in [0, 0.1) is 0 Å². The lowest BCUT2D eigenvalue weighted by Gasteiger charge is -2.18. The standard InChI is InChI=1S/C17H27N3O4/c1-12(14-11-13(23-2)8-9-15(14)24-3)20-16(21)7-5-4-6-10-19-17(18)22/h8-9,11-12H,4-7,10H2,1-3H3,(H,20,21)(H3,18,19,22)/t12-/m1/s1. The van der Waals surface area contributed by atoms with E-state index in [0.29, 0.717) is 24.5 Å². The molecule has 1 aromatic carbocycles. The molecule has 0 spiro atoms. The molecule has 7 nitrogen and oxygen atoms in total. The van der Waals surface area contributed by atoms with Crippen LogP contribution < -0.4 is 25.8 Å². The Morgan fingerprint density at radius 2 is 1.92 bits per heavy atom. The van der Waals surface area contributed by atoms with Crippen LogP contribution in [0.1, 0.15) is 44.2 Å². The second-order valence-corrected chi connectivity index (χ2v) is 5.50. The fourth-order valence-corrected chi connectivity index (χ4v) is 2.37. The minimum atomic E-state index is -0.520. The van der Waals surface area contributed by atoms with Gasteiger partial charge < -0.3 is 25.8 Å². The molecule has 7 heteroatoms. The Hall–Kier alpha value is -2.44. The zero-order valence-electron chi connectivity index (χ0n) is 14.6. The van der Waals surface area contributed by atoms with Crippen molar-refractivity contribution in [2.75, 3.05) is 20.8 Å². The monoisotopic (exact) mass is 337 g/mol. The topological polar surface area (TPSA) is 103 Å². The fraction of sp³-hybridized carbons (Fsp3) is 0.529. The van der Waals surface area contributed by atoms with Crippen molar-refractivity contribution in [3.8, 4) is 11.5 Å². The summed E-state index contributed by atoms with van der Waals surface area (Å²) in [5.74, 6) is 1.41. The third kappa shape index (κ3) is 6.76. The summed E-state index contributed by atoms with van der Waals surface area (Å²) in [5.41, 5.74) is 5.85. The second-order valence-electron chi connectivity index (χ2n) is 5.50. The van der Waals surface area contributed by atoms with Crippen molar-refractivity contribution in [3.05, 3.63) is 23.8 Å². The van der Waals surface area contributed by atoms with Gasteiger partial charge in [0.2, 0.25) is 5.91 Å². The molecule has 24 heavy (non-hydrogen) atoms. The maximum absolute atomic E-state index is 12.0. The van der Waals surface area contributed by atoms with Gasteiger partial charge in [-0.05, 0) is 38.0 Å². The van der Waals surface area contributed by atoms with E-state index in [2.05, 4.69) is 10.6 Å². The molecular formula is C17H27N3O4. The molecule has 0 saturated carbocycles. The van der Waals surface area contributed by atoms with E-state index in [9.17, 15) is 9.59 Å². The van der Waals surface area contributed by atoms with Crippen LogP contribution in [0.5, 0.6) is 11.5 Å². The average molecular weight is 337 g/mol. The van der Waals surface area contributed by atoms with Gasteiger partial charge in [-0.1, -0.05) is 6.42 Å². The van der Waals surface area contributed by atoms with Gasteiger partial charge in [0.25, 0.3) is 0 Å². The fourth-order valence-electron chi connectivity index (χ4n) is 2.37. The highest BCUT2D eigenvalue weighted by molar-refractivity contribution is 5.76. The van der Waals surface area contributed by atoms with Crippen molar-refractivity contribution < 1.29 is 19.1 Å². The van der Waals surface area contributed by atoms with E-state index >= 15 is 0 Å². The molecule has 0 unspecified atom stereocenters.